The van der Waals surface area contributed by atoms with Crippen LogP contribution in [-0.4, -0.2) is 11.5 Å². The smallest absolute Gasteiger partial charge is 0.00727 e. The van der Waals surface area contributed by atoms with Gasteiger partial charge >= 0.3 is 0 Å². The summed E-state index contributed by atoms with van der Waals surface area (Å²) in [4.78, 5) is 2.79. The normalized spacial score (nSPS) is 10.4. The van der Waals surface area contributed by atoms with Gasteiger partial charge in [0.1, 0.15) is 0 Å². The lowest BCUT2D eigenvalue weighted by Gasteiger charge is -2.02. The molecule has 0 aliphatic rings. The first-order chi connectivity index (χ1) is 6.86. The molecule has 0 N–H and O–H groups in total. The predicted molar refractivity (Wildman–Crippen MR) is 68.5 cm³/mol. The lowest BCUT2D eigenvalue weighted by atomic mass is 10.4. The molecule has 0 nitrogen and oxygen atoms in total. The van der Waals surface area contributed by atoms with Crippen LogP contribution in [0.25, 0.3) is 0 Å². The van der Waals surface area contributed by atoms with Gasteiger partial charge < -0.3 is 0 Å². The summed E-state index contributed by atoms with van der Waals surface area (Å²) < 4.78 is 0. The van der Waals surface area contributed by atoms with E-state index in [0.717, 1.165) is 0 Å². The topological polar surface area (TPSA) is 0 Å². The van der Waals surface area contributed by atoms with Crippen LogP contribution in [0, 0.1) is 0 Å². The second-order valence-electron chi connectivity index (χ2n) is 3.17. The maximum absolute atomic E-state index is 2.23. The lowest BCUT2D eigenvalue weighted by molar-refractivity contribution is 1.10. The van der Waals surface area contributed by atoms with Crippen LogP contribution in [0.5, 0.6) is 0 Å². The number of thioether (sulfide) groups is 2. The summed E-state index contributed by atoms with van der Waals surface area (Å²) >= 11 is 3.89. The Balaban J connectivity index is 2.42. The average molecular weight is 226 g/mol. The van der Waals surface area contributed by atoms with Crippen LogP contribution in [0.3, 0.4) is 0 Å². The van der Waals surface area contributed by atoms with Crippen molar-refractivity contribution in [2.75, 3.05) is 11.5 Å². The van der Waals surface area contributed by atoms with Crippen molar-refractivity contribution in [1.29, 1.82) is 0 Å². The molecular weight excluding hydrogens is 208 g/mol. The standard InChI is InChI=1S/C12H18S2/c1-3-9-13-11-5-7-12(8-6-11)14-10-4-2/h5-8H,3-4,9-10H2,1-2H3. The largest absolute Gasteiger partial charge is 0.126 e. The highest BCUT2D eigenvalue weighted by atomic mass is 32.2. The van der Waals surface area contributed by atoms with Gasteiger partial charge in [0.05, 0.1) is 0 Å². The van der Waals surface area contributed by atoms with Crippen LogP contribution < -0.4 is 0 Å². The van der Waals surface area contributed by atoms with E-state index in [1.807, 2.05) is 23.5 Å². The molecule has 0 fully saturated rings. The number of hydrogen-bond acceptors (Lipinski definition) is 2. The van der Waals surface area contributed by atoms with Crippen LogP contribution in [0.2, 0.25) is 0 Å². The van der Waals surface area contributed by atoms with Crippen LogP contribution in [0.15, 0.2) is 34.1 Å². The predicted octanol–water partition coefficient (Wildman–Crippen LogP) is 4.69. The summed E-state index contributed by atoms with van der Waals surface area (Å²) in [6.45, 7) is 4.44. The molecule has 0 heterocycles. The van der Waals surface area contributed by atoms with Crippen LogP contribution >= 0.6 is 23.5 Å². The zero-order valence-electron chi connectivity index (χ0n) is 8.95. The molecule has 1 aromatic rings. The van der Waals surface area contributed by atoms with Crippen molar-refractivity contribution in [3.63, 3.8) is 0 Å². The van der Waals surface area contributed by atoms with Gasteiger partial charge in [-0.2, -0.15) is 0 Å². The zero-order chi connectivity index (χ0) is 10.2. The van der Waals surface area contributed by atoms with Gasteiger partial charge in [-0.1, -0.05) is 13.8 Å². The third-order valence-corrected chi connectivity index (χ3v) is 4.21. The molecule has 1 rings (SSSR count). The van der Waals surface area contributed by atoms with E-state index in [1.54, 1.807) is 0 Å². The Bertz CT molecular complexity index is 214. The molecule has 0 saturated carbocycles. The van der Waals surface area contributed by atoms with E-state index in [1.165, 1.54) is 34.1 Å². The Morgan fingerprint density at radius 2 is 1.14 bits per heavy atom. The first-order valence-electron chi connectivity index (χ1n) is 5.22. The van der Waals surface area contributed by atoms with Crippen molar-refractivity contribution in [1.82, 2.24) is 0 Å². The molecule has 1 aromatic carbocycles. The molecule has 0 saturated heterocycles. The lowest BCUT2D eigenvalue weighted by Crippen LogP contribution is -1.78. The van der Waals surface area contributed by atoms with Crippen LogP contribution in [0.1, 0.15) is 26.7 Å². The Morgan fingerprint density at radius 1 is 0.786 bits per heavy atom. The summed E-state index contributed by atoms with van der Waals surface area (Å²) in [6, 6.07) is 8.94. The third kappa shape index (κ3) is 4.43. The fourth-order valence-electron chi connectivity index (χ4n) is 1.07. The molecular formula is C12H18S2. The quantitative estimate of drug-likeness (QED) is 0.645. The van der Waals surface area contributed by atoms with Gasteiger partial charge in [-0.3, -0.25) is 0 Å². The molecule has 0 aromatic heterocycles. The van der Waals surface area contributed by atoms with E-state index in [9.17, 15) is 0 Å². The molecule has 0 radical (unpaired) electrons. The van der Waals surface area contributed by atoms with Crippen molar-refractivity contribution >= 4 is 23.5 Å². The van der Waals surface area contributed by atoms with Gasteiger partial charge in [0.25, 0.3) is 0 Å². The Hall–Kier alpha value is -0.0800. The first kappa shape index (κ1) is 12.0. The minimum atomic E-state index is 1.22. The van der Waals surface area contributed by atoms with E-state index in [4.69, 9.17) is 0 Å². The molecule has 0 amide bonds. The summed E-state index contributed by atoms with van der Waals surface area (Å²) in [5.41, 5.74) is 0. The minimum absolute atomic E-state index is 1.22. The van der Waals surface area contributed by atoms with Gasteiger partial charge in [0.15, 0.2) is 0 Å². The summed E-state index contributed by atoms with van der Waals surface area (Å²) in [5.74, 6) is 2.45. The van der Waals surface area contributed by atoms with E-state index in [0.29, 0.717) is 0 Å². The van der Waals surface area contributed by atoms with Crippen LogP contribution in [0.4, 0.5) is 0 Å². The monoisotopic (exact) mass is 226 g/mol. The summed E-state index contributed by atoms with van der Waals surface area (Å²) in [6.07, 6.45) is 2.49. The van der Waals surface area contributed by atoms with E-state index in [-0.39, 0.29) is 0 Å². The number of benzene rings is 1. The van der Waals surface area contributed by atoms with Gasteiger partial charge in [0, 0.05) is 9.79 Å². The second kappa shape index (κ2) is 7.24. The summed E-state index contributed by atoms with van der Waals surface area (Å²) in [7, 11) is 0. The molecule has 0 atom stereocenters. The highest BCUT2D eigenvalue weighted by molar-refractivity contribution is 7.99. The maximum atomic E-state index is 2.23. The van der Waals surface area contributed by atoms with E-state index < -0.39 is 0 Å². The minimum Gasteiger partial charge on any atom is -0.126 e. The Labute approximate surface area is 95.9 Å². The highest BCUT2D eigenvalue weighted by Crippen LogP contribution is 2.24. The van der Waals surface area contributed by atoms with Crippen LogP contribution in [-0.2, 0) is 0 Å². The Kier molecular flexibility index (Phi) is 6.20. The molecule has 0 aliphatic heterocycles. The first-order valence-corrected chi connectivity index (χ1v) is 7.19. The van der Waals surface area contributed by atoms with Gasteiger partial charge in [-0.15, -0.1) is 23.5 Å². The number of hydrogen-bond donors (Lipinski definition) is 0. The molecule has 14 heavy (non-hydrogen) atoms. The SMILES string of the molecule is CCCSc1ccc(SCCC)cc1. The zero-order valence-corrected chi connectivity index (χ0v) is 10.6. The van der Waals surface area contributed by atoms with Crippen molar-refractivity contribution < 1.29 is 0 Å². The van der Waals surface area contributed by atoms with Gasteiger partial charge in [0.2, 0.25) is 0 Å². The fraction of sp³-hybridized carbons (Fsp3) is 0.500. The molecule has 0 unspecified atom stereocenters. The molecule has 0 spiro atoms. The fourth-order valence-corrected chi connectivity index (χ4v) is 2.61. The Morgan fingerprint density at radius 3 is 1.43 bits per heavy atom. The van der Waals surface area contributed by atoms with Gasteiger partial charge in [-0.25, -0.2) is 0 Å². The highest BCUT2D eigenvalue weighted by Gasteiger charge is 1.95. The summed E-state index contributed by atoms with van der Waals surface area (Å²) in [5, 5.41) is 0. The molecule has 78 valence electrons. The van der Waals surface area contributed by atoms with Crippen molar-refractivity contribution in [2.45, 2.75) is 36.5 Å². The van der Waals surface area contributed by atoms with Crippen molar-refractivity contribution in [3.05, 3.63) is 24.3 Å². The third-order valence-electron chi connectivity index (χ3n) is 1.77. The van der Waals surface area contributed by atoms with Crippen molar-refractivity contribution in [3.8, 4) is 0 Å². The number of rotatable bonds is 6. The van der Waals surface area contributed by atoms with Gasteiger partial charge in [-0.05, 0) is 48.6 Å². The van der Waals surface area contributed by atoms with Crippen molar-refractivity contribution in [2.24, 2.45) is 0 Å². The molecule has 0 bridgehead atoms. The second-order valence-corrected chi connectivity index (χ2v) is 5.50. The van der Waals surface area contributed by atoms with E-state index >= 15 is 0 Å². The average Bonchev–Trinajstić information content (AvgIpc) is 2.25. The molecule has 0 aliphatic carbocycles. The maximum Gasteiger partial charge on any atom is 0.00727 e. The molecule has 2 heteroatoms. The van der Waals surface area contributed by atoms with E-state index in [2.05, 4.69) is 38.1 Å².